The summed E-state index contributed by atoms with van der Waals surface area (Å²) < 4.78 is 11.3. The van der Waals surface area contributed by atoms with Crippen LogP contribution in [0.5, 0.6) is 0 Å². The highest BCUT2D eigenvalue weighted by atomic mass is 16.5. The lowest BCUT2D eigenvalue weighted by Gasteiger charge is -2.35. The molecule has 0 radical (unpaired) electrons. The predicted molar refractivity (Wildman–Crippen MR) is 125 cm³/mol. The van der Waals surface area contributed by atoms with Crippen LogP contribution in [0.3, 0.4) is 0 Å². The zero-order valence-corrected chi connectivity index (χ0v) is 19.8. The standard InChI is InChI=1S/C26H37N3O3/c1-19(2)24-15-25(32-27-24)26(30)29(18-23-9-6-14-31-23)16-21-10-12-28(13-11-21)17-22-8-5-4-7-20(22)3/h4-5,7-8,15,19,21,23H,6,9-14,16-18H2,1-3H3/t23-/m1/s1. The monoisotopic (exact) mass is 439 g/mol. The third kappa shape index (κ3) is 5.78. The van der Waals surface area contributed by atoms with Gasteiger partial charge in [-0.1, -0.05) is 43.3 Å². The first kappa shape index (κ1) is 23.0. The third-order valence-corrected chi connectivity index (χ3v) is 6.91. The Labute approximate surface area is 191 Å². The molecule has 174 valence electrons. The molecule has 2 aliphatic heterocycles. The molecule has 0 aliphatic carbocycles. The number of likely N-dealkylation sites (tertiary alicyclic amines) is 1. The Hall–Kier alpha value is -2.18. The molecule has 1 aromatic carbocycles. The molecule has 6 nitrogen and oxygen atoms in total. The highest BCUT2D eigenvalue weighted by Gasteiger charge is 2.29. The lowest BCUT2D eigenvalue weighted by atomic mass is 9.95. The van der Waals surface area contributed by atoms with E-state index in [4.69, 9.17) is 9.26 Å². The van der Waals surface area contributed by atoms with Gasteiger partial charge in [0.15, 0.2) is 0 Å². The first-order valence-electron chi connectivity index (χ1n) is 12.1. The Bertz CT molecular complexity index is 880. The van der Waals surface area contributed by atoms with Crippen molar-refractivity contribution in [2.24, 2.45) is 5.92 Å². The summed E-state index contributed by atoms with van der Waals surface area (Å²) in [6.45, 7) is 11.6. The van der Waals surface area contributed by atoms with Crippen molar-refractivity contribution in [2.45, 2.75) is 65.0 Å². The van der Waals surface area contributed by atoms with Crippen LogP contribution in [-0.4, -0.2) is 59.8 Å². The van der Waals surface area contributed by atoms with Crippen LogP contribution in [0.1, 0.15) is 72.8 Å². The number of hydrogen-bond acceptors (Lipinski definition) is 5. The number of benzene rings is 1. The van der Waals surface area contributed by atoms with Crippen LogP contribution in [0.25, 0.3) is 0 Å². The Morgan fingerprint density at radius 3 is 2.62 bits per heavy atom. The van der Waals surface area contributed by atoms with Crippen molar-refractivity contribution in [2.75, 3.05) is 32.8 Å². The van der Waals surface area contributed by atoms with Crippen LogP contribution in [0, 0.1) is 12.8 Å². The van der Waals surface area contributed by atoms with Gasteiger partial charge in [-0.3, -0.25) is 9.69 Å². The number of amides is 1. The maximum absolute atomic E-state index is 13.3. The molecule has 0 unspecified atom stereocenters. The van der Waals surface area contributed by atoms with Crippen LogP contribution >= 0.6 is 0 Å². The van der Waals surface area contributed by atoms with E-state index in [-0.39, 0.29) is 17.9 Å². The number of aryl methyl sites for hydroxylation is 1. The van der Waals surface area contributed by atoms with Crippen molar-refractivity contribution >= 4 is 5.91 Å². The molecule has 1 aromatic heterocycles. The van der Waals surface area contributed by atoms with Gasteiger partial charge in [0.1, 0.15) is 0 Å². The van der Waals surface area contributed by atoms with Crippen molar-refractivity contribution in [1.82, 2.24) is 15.0 Å². The van der Waals surface area contributed by atoms with Crippen molar-refractivity contribution in [1.29, 1.82) is 0 Å². The SMILES string of the molecule is Cc1ccccc1CN1CCC(CN(C[C@H]2CCCO2)C(=O)c2cc(C(C)C)no2)CC1. The maximum atomic E-state index is 13.3. The van der Waals surface area contributed by atoms with Gasteiger partial charge in [0.2, 0.25) is 5.76 Å². The summed E-state index contributed by atoms with van der Waals surface area (Å²) in [5.74, 6) is 1.04. The summed E-state index contributed by atoms with van der Waals surface area (Å²) in [6, 6.07) is 10.4. The Morgan fingerprint density at radius 1 is 1.19 bits per heavy atom. The molecule has 1 amide bonds. The second-order valence-corrected chi connectivity index (χ2v) is 9.76. The lowest BCUT2D eigenvalue weighted by molar-refractivity contribution is 0.0416. The molecule has 2 saturated heterocycles. The van der Waals surface area contributed by atoms with Gasteiger partial charge >= 0.3 is 0 Å². The zero-order valence-electron chi connectivity index (χ0n) is 19.8. The molecule has 0 saturated carbocycles. The van der Waals surface area contributed by atoms with Gasteiger partial charge in [-0.05, 0) is 68.7 Å². The van der Waals surface area contributed by atoms with Gasteiger partial charge in [-0.25, -0.2) is 0 Å². The smallest absolute Gasteiger partial charge is 0.292 e. The van der Waals surface area contributed by atoms with E-state index in [1.165, 1.54) is 11.1 Å². The van der Waals surface area contributed by atoms with E-state index >= 15 is 0 Å². The highest BCUT2D eigenvalue weighted by Crippen LogP contribution is 2.24. The van der Waals surface area contributed by atoms with Crippen molar-refractivity contribution < 1.29 is 14.1 Å². The summed E-state index contributed by atoms with van der Waals surface area (Å²) in [7, 11) is 0. The summed E-state index contributed by atoms with van der Waals surface area (Å²) in [6.07, 6.45) is 4.44. The van der Waals surface area contributed by atoms with Gasteiger partial charge in [0.25, 0.3) is 5.91 Å². The number of carbonyl (C=O) groups is 1. The van der Waals surface area contributed by atoms with E-state index in [1.807, 2.05) is 4.90 Å². The normalized spacial score (nSPS) is 20.2. The number of carbonyl (C=O) groups excluding carboxylic acids is 1. The molecule has 0 spiro atoms. The Balaban J connectivity index is 1.36. The molecule has 6 heteroatoms. The first-order valence-corrected chi connectivity index (χ1v) is 12.1. The number of hydrogen-bond donors (Lipinski definition) is 0. The van der Waals surface area contributed by atoms with Gasteiger partial charge in [-0.15, -0.1) is 0 Å². The van der Waals surface area contributed by atoms with Crippen LogP contribution in [0.15, 0.2) is 34.9 Å². The van der Waals surface area contributed by atoms with E-state index in [0.717, 1.165) is 64.2 Å². The average molecular weight is 440 g/mol. The fourth-order valence-corrected chi connectivity index (χ4v) is 4.76. The van der Waals surface area contributed by atoms with Gasteiger partial charge in [-0.2, -0.15) is 0 Å². The molecule has 2 fully saturated rings. The maximum Gasteiger partial charge on any atom is 0.292 e. The van der Waals surface area contributed by atoms with Crippen molar-refractivity contribution in [3.8, 4) is 0 Å². The second-order valence-electron chi connectivity index (χ2n) is 9.76. The highest BCUT2D eigenvalue weighted by molar-refractivity contribution is 5.91. The molecular weight excluding hydrogens is 402 g/mol. The molecule has 1 atom stereocenters. The van der Waals surface area contributed by atoms with E-state index < -0.39 is 0 Å². The summed E-state index contributed by atoms with van der Waals surface area (Å²) in [5, 5.41) is 4.09. The van der Waals surface area contributed by atoms with Gasteiger partial charge < -0.3 is 14.2 Å². The van der Waals surface area contributed by atoms with Crippen LogP contribution in [0.4, 0.5) is 0 Å². The zero-order chi connectivity index (χ0) is 22.5. The molecule has 4 rings (SSSR count). The third-order valence-electron chi connectivity index (χ3n) is 6.91. The topological polar surface area (TPSA) is 58.8 Å². The minimum atomic E-state index is -0.0535. The molecule has 3 heterocycles. The van der Waals surface area contributed by atoms with Crippen LogP contribution in [-0.2, 0) is 11.3 Å². The van der Waals surface area contributed by atoms with Crippen LogP contribution in [0.2, 0.25) is 0 Å². The second kappa shape index (κ2) is 10.6. The fourth-order valence-electron chi connectivity index (χ4n) is 4.76. The lowest BCUT2D eigenvalue weighted by Crippen LogP contribution is -2.43. The molecule has 2 aliphatic rings. The van der Waals surface area contributed by atoms with Crippen molar-refractivity contribution in [3.05, 3.63) is 52.9 Å². The van der Waals surface area contributed by atoms with E-state index in [9.17, 15) is 4.79 Å². The Morgan fingerprint density at radius 2 is 1.97 bits per heavy atom. The minimum absolute atomic E-state index is 0.0535. The average Bonchev–Trinajstić information content (AvgIpc) is 3.48. The number of aromatic nitrogens is 1. The molecular formula is C26H37N3O3. The fraction of sp³-hybridized carbons (Fsp3) is 0.615. The van der Waals surface area contributed by atoms with Crippen molar-refractivity contribution in [3.63, 3.8) is 0 Å². The van der Waals surface area contributed by atoms with Gasteiger partial charge in [0.05, 0.1) is 11.8 Å². The predicted octanol–water partition coefficient (Wildman–Crippen LogP) is 4.64. The number of piperidine rings is 1. The minimum Gasteiger partial charge on any atom is -0.376 e. The summed E-state index contributed by atoms with van der Waals surface area (Å²) >= 11 is 0. The Kier molecular flexibility index (Phi) is 7.63. The molecule has 0 N–H and O–H groups in total. The van der Waals surface area contributed by atoms with E-state index in [0.29, 0.717) is 18.2 Å². The summed E-state index contributed by atoms with van der Waals surface area (Å²) in [4.78, 5) is 17.8. The number of ether oxygens (including phenoxy) is 1. The van der Waals surface area contributed by atoms with E-state index in [2.05, 4.69) is 55.1 Å². The summed E-state index contributed by atoms with van der Waals surface area (Å²) in [5.41, 5.74) is 3.60. The molecule has 0 bridgehead atoms. The molecule has 32 heavy (non-hydrogen) atoms. The largest absolute Gasteiger partial charge is 0.376 e. The molecule has 2 aromatic rings. The number of nitrogens with zero attached hydrogens (tertiary/aromatic N) is 3. The van der Waals surface area contributed by atoms with Crippen LogP contribution < -0.4 is 0 Å². The number of rotatable bonds is 8. The van der Waals surface area contributed by atoms with E-state index in [1.54, 1.807) is 6.07 Å². The first-order chi connectivity index (χ1) is 15.5. The quantitative estimate of drug-likeness (QED) is 0.600. The van der Waals surface area contributed by atoms with Gasteiger partial charge in [0, 0.05) is 32.3 Å².